The van der Waals surface area contributed by atoms with E-state index in [1.807, 2.05) is 66.7 Å². The fraction of sp³-hybridized carbons (Fsp3) is 0.179. The monoisotopic (exact) mass is 452 g/mol. The minimum Gasteiger partial charge on any atom is -0.480 e. The number of carboxylic acids is 1. The smallest absolute Gasteiger partial charge is 0.329 e. The largest absolute Gasteiger partial charge is 0.480 e. The minimum atomic E-state index is -1.71. The number of hydrogen-bond acceptors (Lipinski definition) is 4. The molecule has 2 heterocycles. The standard InChI is InChI=1S/C28H24N2O4/c31-25-23-22(17-16-19-10-4-1-5-11-19)29-28(27(33)34,21-14-8-3-9-15-21)24(23)26(32)30(25)18-20-12-6-2-7-13-20/h1-17,22-24,29H,18H2,(H,33,34). The van der Waals surface area contributed by atoms with Crippen LogP contribution in [-0.2, 0) is 26.5 Å². The number of rotatable bonds is 6. The van der Waals surface area contributed by atoms with Gasteiger partial charge in [-0.15, -0.1) is 0 Å². The summed E-state index contributed by atoms with van der Waals surface area (Å²) in [5.41, 5.74) is 0.478. The molecule has 2 N–H and O–H groups in total. The van der Waals surface area contributed by atoms with Gasteiger partial charge in [-0.1, -0.05) is 103 Å². The van der Waals surface area contributed by atoms with Gasteiger partial charge in [0, 0.05) is 6.04 Å². The third-order valence-electron chi connectivity index (χ3n) is 6.74. The second-order valence-corrected chi connectivity index (χ2v) is 8.67. The summed E-state index contributed by atoms with van der Waals surface area (Å²) in [7, 11) is 0. The van der Waals surface area contributed by atoms with Crippen LogP contribution in [0.25, 0.3) is 6.08 Å². The topological polar surface area (TPSA) is 86.7 Å². The number of hydrogen-bond donors (Lipinski definition) is 2. The van der Waals surface area contributed by atoms with Crippen molar-refractivity contribution < 1.29 is 19.5 Å². The van der Waals surface area contributed by atoms with E-state index in [-0.39, 0.29) is 12.5 Å². The van der Waals surface area contributed by atoms with Gasteiger partial charge in [0.05, 0.1) is 18.4 Å². The fourth-order valence-electron chi connectivity index (χ4n) is 5.16. The van der Waals surface area contributed by atoms with Crippen molar-refractivity contribution in [1.82, 2.24) is 10.2 Å². The number of nitrogens with zero attached hydrogens (tertiary/aromatic N) is 1. The molecule has 6 heteroatoms. The Balaban J connectivity index is 1.59. The number of carbonyl (C=O) groups is 3. The molecule has 0 aliphatic carbocycles. The second kappa shape index (κ2) is 8.72. The number of fused-ring (bicyclic) bond motifs is 1. The first-order chi connectivity index (χ1) is 16.5. The third kappa shape index (κ3) is 3.53. The number of amides is 2. The van der Waals surface area contributed by atoms with Crippen LogP contribution in [0.3, 0.4) is 0 Å². The van der Waals surface area contributed by atoms with E-state index in [4.69, 9.17) is 0 Å². The van der Waals surface area contributed by atoms with Crippen LogP contribution in [-0.4, -0.2) is 33.8 Å². The number of likely N-dealkylation sites (tertiary alicyclic amines) is 1. The summed E-state index contributed by atoms with van der Waals surface area (Å²) in [5, 5.41) is 13.7. The molecule has 2 fully saturated rings. The average molecular weight is 453 g/mol. The SMILES string of the molecule is O=C1C2C(C=Cc3ccccc3)NC(C(=O)O)(c3ccccc3)C2C(=O)N1Cc1ccccc1. The molecule has 4 unspecified atom stereocenters. The van der Waals surface area contributed by atoms with Crippen LogP contribution >= 0.6 is 0 Å². The lowest BCUT2D eigenvalue weighted by Crippen LogP contribution is -2.54. The fourth-order valence-corrected chi connectivity index (χ4v) is 5.16. The Morgan fingerprint density at radius 3 is 2.09 bits per heavy atom. The highest BCUT2D eigenvalue weighted by atomic mass is 16.4. The van der Waals surface area contributed by atoms with Gasteiger partial charge in [-0.25, -0.2) is 4.79 Å². The number of carboxylic acid groups (broad SMARTS) is 1. The molecule has 2 amide bonds. The zero-order valence-corrected chi connectivity index (χ0v) is 18.4. The van der Waals surface area contributed by atoms with Crippen molar-refractivity contribution in [2.75, 3.05) is 0 Å². The van der Waals surface area contributed by atoms with E-state index >= 15 is 0 Å². The van der Waals surface area contributed by atoms with Crippen molar-refractivity contribution >= 4 is 23.9 Å². The van der Waals surface area contributed by atoms with Gasteiger partial charge < -0.3 is 5.11 Å². The van der Waals surface area contributed by atoms with E-state index in [9.17, 15) is 19.5 Å². The predicted molar refractivity (Wildman–Crippen MR) is 127 cm³/mol. The van der Waals surface area contributed by atoms with E-state index in [0.29, 0.717) is 5.56 Å². The van der Waals surface area contributed by atoms with Gasteiger partial charge in [-0.05, 0) is 16.7 Å². The Labute approximate surface area is 197 Å². The quantitative estimate of drug-likeness (QED) is 0.560. The van der Waals surface area contributed by atoms with Crippen molar-refractivity contribution in [3.05, 3.63) is 114 Å². The van der Waals surface area contributed by atoms with Crippen molar-refractivity contribution in [3.8, 4) is 0 Å². The highest BCUT2D eigenvalue weighted by molar-refractivity contribution is 6.09. The van der Waals surface area contributed by atoms with E-state index < -0.39 is 35.3 Å². The summed E-state index contributed by atoms with van der Waals surface area (Å²) in [6.07, 6.45) is 3.66. The molecule has 4 atom stereocenters. The molecule has 0 bridgehead atoms. The lowest BCUT2D eigenvalue weighted by Gasteiger charge is -2.31. The van der Waals surface area contributed by atoms with Crippen LogP contribution in [0.2, 0.25) is 0 Å². The zero-order chi connectivity index (χ0) is 23.7. The Kier molecular flexibility index (Phi) is 5.59. The van der Waals surface area contributed by atoms with E-state index in [1.54, 1.807) is 36.4 Å². The summed E-state index contributed by atoms with van der Waals surface area (Å²) in [6.45, 7) is 0.116. The summed E-state index contributed by atoms with van der Waals surface area (Å²) >= 11 is 0. The molecule has 5 rings (SSSR count). The molecule has 34 heavy (non-hydrogen) atoms. The maximum Gasteiger partial charge on any atom is 0.329 e. The molecule has 3 aromatic carbocycles. The molecule has 2 aliphatic rings. The highest BCUT2D eigenvalue weighted by Crippen LogP contribution is 2.49. The van der Waals surface area contributed by atoms with Gasteiger partial charge in [0.15, 0.2) is 5.54 Å². The van der Waals surface area contributed by atoms with Gasteiger partial charge in [-0.2, -0.15) is 0 Å². The first-order valence-corrected chi connectivity index (χ1v) is 11.2. The van der Waals surface area contributed by atoms with E-state index in [0.717, 1.165) is 11.1 Å². The van der Waals surface area contributed by atoms with Crippen molar-refractivity contribution in [2.24, 2.45) is 11.8 Å². The molecule has 3 aromatic rings. The normalized spacial score (nSPS) is 26.2. The number of benzene rings is 3. The molecule has 0 saturated carbocycles. The lowest BCUT2D eigenvalue weighted by molar-refractivity contribution is -0.152. The molecule has 2 aliphatic heterocycles. The number of carbonyl (C=O) groups excluding carboxylic acids is 2. The molecule has 6 nitrogen and oxygen atoms in total. The average Bonchev–Trinajstić information content (AvgIpc) is 3.34. The Morgan fingerprint density at radius 1 is 0.882 bits per heavy atom. The van der Waals surface area contributed by atoms with E-state index in [1.165, 1.54) is 4.90 Å². The third-order valence-corrected chi connectivity index (χ3v) is 6.74. The highest BCUT2D eigenvalue weighted by Gasteiger charge is 2.68. The molecular formula is C28H24N2O4. The Bertz CT molecular complexity index is 1240. The molecule has 170 valence electrons. The van der Waals surface area contributed by atoms with Crippen molar-refractivity contribution in [2.45, 2.75) is 18.1 Å². The molecule has 0 spiro atoms. The second-order valence-electron chi connectivity index (χ2n) is 8.67. The number of aliphatic carboxylic acids is 1. The van der Waals surface area contributed by atoms with Gasteiger partial charge >= 0.3 is 5.97 Å². The summed E-state index contributed by atoms with van der Waals surface area (Å²) < 4.78 is 0. The lowest BCUT2D eigenvalue weighted by atomic mass is 9.76. The van der Waals surface area contributed by atoms with Gasteiger partial charge in [0.1, 0.15) is 0 Å². The van der Waals surface area contributed by atoms with Crippen LogP contribution in [0.5, 0.6) is 0 Å². The van der Waals surface area contributed by atoms with Crippen molar-refractivity contribution in [1.29, 1.82) is 0 Å². The summed E-state index contributed by atoms with van der Waals surface area (Å²) in [6, 6.07) is 26.9. The molecular weight excluding hydrogens is 428 g/mol. The number of imide groups is 1. The van der Waals surface area contributed by atoms with E-state index in [2.05, 4.69) is 5.32 Å². The summed E-state index contributed by atoms with van der Waals surface area (Å²) in [5.74, 6) is -3.88. The Morgan fingerprint density at radius 2 is 1.47 bits per heavy atom. The predicted octanol–water partition coefficient (Wildman–Crippen LogP) is 3.45. The van der Waals surface area contributed by atoms with Gasteiger partial charge in [0.25, 0.3) is 0 Å². The van der Waals surface area contributed by atoms with Crippen LogP contribution in [0, 0.1) is 11.8 Å². The minimum absolute atomic E-state index is 0.116. The summed E-state index contributed by atoms with van der Waals surface area (Å²) in [4.78, 5) is 41.3. The Hall–Kier alpha value is -4.03. The molecule has 2 saturated heterocycles. The van der Waals surface area contributed by atoms with Crippen LogP contribution in [0.1, 0.15) is 16.7 Å². The maximum absolute atomic E-state index is 13.7. The molecule has 0 aromatic heterocycles. The molecule has 0 radical (unpaired) electrons. The number of nitrogens with one attached hydrogen (secondary N) is 1. The van der Waals surface area contributed by atoms with Crippen LogP contribution in [0.15, 0.2) is 97.1 Å². The zero-order valence-electron chi connectivity index (χ0n) is 18.4. The first-order valence-electron chi connectivity index (χ1n) is 11.2. The first kappa shape index (κ1) is 21.8. The van der Waals surface area contributed by atoms with Crippen LogP contribution in [0.4, 0.5) is 0 Å². The van der Waals surface area contributed by atoms with Crippen LogP contribution < -0.4 is 5.32 Å². The van der Waals surface area contributed by atoms with Crippen molar-refractivity contribution in [3.63, 3.8) is 0 Å². The van der Waals surface area contributed by atoms with Gasteiger partial charge in [-0.3, -0.25) is 19.8 Å². The maximum atomic E-state index is 13.7. The van der Waals surface area contributed by atoms with Gasteiger partial charge in [0.2, 0.25) is 11.8 Å².